The predicted octanol–water partition coefficient (Wildman–Crippen LogP) is 3.01. The Balaban J connectivity index is 2.45. The van der Waals surface area contributed by atoms with Crippen molar-refractivity contribution >= 4 is 11.8 Å². The molecule has 0 fully saturated rings. The molecule has 0 aliphatic carbocycles. The summed E-state index contributed by atoms with van der Waals surface area (Å²) in [4.78, 5) is 1.42. The van der Waals surface area contributed by atoms with Crippen molar-refractivity contribution in [3.8, 4) is 0 Å². The van der Waals surface area contributed by atoms with Gasteiger partial charge in [-0.1, -0.05) is 24.6 Å². The van der Waals surface area contributed by atoms with Gasteiger partial charge in [0.15, 0.2) is 0 Å². The van der Waals surface area contributed by atoms with Crippen LogP contribution in [0.4, 0.5) is 0 Å². The molecule has 0 unspecified atom stereocenters. The largest absolute Gasteiger partial charge is 0.316 e. The van der Waals surface area contributed by atoms with Crippen molar-refractivity contribution in [1.82, 2.24) is 5.32 Å². The fourth-order valence-electron chi connectivity index (χ4n) is 1.27. The van der Waals surface area contributed by atoms with Gasteiger partial charge in [0, 0.05) is 17.2 Å². The Bertz CT molecular complexity index is 284. The zero-order valence-electron chi connectivity index (χ0n) is 9.26. The molecule has 14 heavy (non-hydrogen) atoms. The Kier molecular flexibility index (Phi) is 5.05. The average molecular weight is 209 g/mol. The highest BCUT2D eigenvalue weighted by Crippen LogP contribution is 2.22. The summed E-state index contributed by atoms with van der Waals surface area (Å²) in [6.07, 6.45) is 0. The van der Waals surface area contributed by atoms with E-state index in [0.29, 0.717) is 0 Å². The maximum atomic E-state index is 3.33. The predicted molar refractivity (Wildman–Crippen MR) is 65.2 cm³/mol. The molecule has 1 N–H and O–H groups in total. The summed E-state index contributed by atoms with van der Waals surface area (Å²) in [7, 11) is 0. The van der Waals surface area contributed by atoms with Crippen LogP contribution < -0.4 is 5.32 Å². The average Bonchev–Trinajstić information content (AvgIpc) is 2.18. The quantitative estimate of drug-likeness (QED) is 0.591. The second-order valence-electron chi connectivity index (χ2n) is 3.47. The van der Waals surface area contributed by atoms with Gasteiger partial charge in [0.25, 0.3) is 0 Å². The molecule has 0 spiro atoms. The minimum absolute atomic E-state index is 1.06. The summed E-state index contributed by atoms with van der Waals surface area (Å²) >= 11 is 1.94. The molecule has 0 atom stereocenters. The molecule has 0 aliphatic rings. The van der Waals surface area contributed by atoms with Crippen molar-refractivity contribution in [3.05, 3.63) is 29.3 Å². The van der Waals surface area contributed by atoms with Crippen LogP contribution in [0.5, 0.6) is 0 Å². The Morgan fingerprint density at radius 2 is 2.07 bits per heavy atom. The molecular weight excluding hydrogens is 190 g/mol. The first-order chi connectivity index (χ1) is 6.74. The summed E-state index contributed by atoms with van der Waals surface area (Å²) in [5, 5.41) is 3.33. The van der Waals surface area contributed by atoms with Crippen molar-refractivity contribution < 1.29 is 0 Å². The first-order valence-corrected chi connectivity index (χ1v) is 6.13. The number of aryl methyl sites for hydroxylation is 2. The number of thioether (sulfide) groups is 1. The monoisotopic (exact) mass is 209 g/mol. The lowest BCUT2D eigenvalue weighted by atomic mass is 10.2. The Labute approximate surface area is 91.3 Å². The van der Waals surface area contributed by atoms with Crippen LogP contribution in [-0.4, -0.2) is 18.8 Å². The van der Waals surface area contributed by atoms with Gasteiger partial charge in [-0.05, 0) is 32.0 Å². The van der Waals surface area contributed by atoms with Crippen molar-refractivity contribution in [2.45, 2.75) is 25.7 Å². The van der Waals surface area contributed by atoms with E-state index in [9.17, 15) is 0 Å². The minimum atomic E-state index is 1.06. The summed E-state index contributed by atoms with van der Waals surface area (Å²) in [6.45, 7) is 8.62. The van der Waals surface area contributed by atoms with E-state index in [2.05, 4.69) is 44.3 Å². The molecule has 0 bridgehead atoms. The minimum Gasteiger partial charge on any atom is -0.316 e. The van der Waals surface area contributed by atoms with Gasteiger partial charge in [-0.25, -0.2) is 0 Å². The van der Waals surface area contributed by atoms with Crippen LogP contribution in [0.3, 0.4) is 0 Å². The fraction of sp³-hybridized carbons (Fsp3) is 0.500. The van der Waals surface area contributed by atoms with Crippen molar-refractivity contribution in [3.63, 3.8) is 0 Å². The van der Waals surface area contributed by atoms with Crippen LogP contribution >= 0.6 is 11.8 Å². The summed E-state index contributed by atoms with van der Waals surface area (Å²) in [6, 6.07) is 6.64. The third kappa shape index (κ3) is 3.72. The van der Waals surface area contributed by atoms with E-state index in [1.54, 1.807) is 0 Å². The van der Waals surface area contributed by atoms with Crippen LogP contribution in [0, 0.1) is 13.8 Å². The third-order valence-corrected chi connectivity index (χ3v) is 3.29. The molecule has 0 aliphatic heterocycles. The van der Waals surface area contributed by atoms with Crippen molar-refractivity contribution in [2.75, 3.05) is 18.8 Å². The number of hydrogen-bond donors (Lipinski definition) is 1. The number of nitrogens with one attached hydrogen (secondary N) is 1. The Morgan fingerprint density at radius 3 is 2.79 bits per heavy atom. The fourth-order valence-corrected chi connectivity index (χ4v) is 2.30. The molecule has 0 heterocycles. The second-order valence-corrected chi connectivity index (χ2v) is 4.61. The summed E-state index contributed by atoms with van der Waals surface area (Å²) in [5.74, 6) is 1.15. The summed E-state index contributed by atoms with van der Waals surface area (Å²) < 4.78 is 0. The van der Waals surface area contributed by atoms with Gasteiger partial charge >= 0.3 is 0 Å². The highest BCUT2D eigenvalue weighted by molar-refractivity contribution is 7.99. The molecule has 0 saturated carbocycles. The number of benzene rings is 1. The van der Waals surface area contributed by atoms with Crippen LogP contribution in [0.2, 0.25) is 0 Å². The lowest BCUT2D eigenvalue weighted by molar-refractivity contribution is 0.768. The highest BCUT2D eigenvalue weighted by Gasteiger charge is 1.98. The smallest absolute Gasteiger partial charge is 0.0106 e. The van der Waals surface area contributed by atoms with E-state index < -0.39 is 0 Å². The van der Waals surface area contributed by atoms with E-state index >= 15 is 0 Å². The lowest BCUT2D eigenvalue weighted by Gasteiger charge is -2.06. The van der Waals surface area contributed by atoms with Crippen molar-refractivity contribution in [2.24, 2.45) is 0 Å². The van der Waals surface area contributed by atoms with Gasteiger partial charge in [0.1, 0.15) is 0 Å². The normalized spacial score (nSPS) is 10.5. The highest BCUT2D eigenvalue weighted by atomic mass is 32.2. The molecule has 1 aromatic rings. The second kappa shape index (κ2) is 6.10. The van der Waals surface area contributed by atoms with E-state index in [-0.39, 0.29) is 0 Å². The third-order valence-electron chi connectivity index (χ3n) is 2.13. The first kappa shape index (κ1) is 11.6. The van der Waals surface area contributed by atoms with Crippen LogP contribution in [0.25, 0.3) is 0 Å². The van der Waals surface area contributed by atoms with Gasteiger partial charge in [-0.2, -0.15) is 0 Å². The van der Waals surface area contributed by atoms with Crippen LogP contribution in [0.15, 0.2) is 23.1 Å². The first-order valence-electron chi connectivity index (χ1n) is 5.15. The SMILES string of the molecule is CCNCCSc1cc(C)ccc1C. The zero-order valence-corrected chi connectivity index (χ0v) is 10.1. The van der Waals surface area contributed by atoms with E-state index in [4.69, 9.17) is 0 Å². The number of rotatable bonds is 5. The maximum Gasteiger partial charge on any atom is 0.0106 e. The van der Waals surface area contributed by atoms with E-state index in [0.717, 1.165) is 18.8 Å². The van der Waals surface area contributed by atoms with Crippen LogP contribution in [0.1, 0.15) is 18.1 Å². The topological polar surface area (TPSA) is 12.0 Å². The molecule has 1 rings (SSSR count). The molecule has 0 radical (unpaired) electrons. The molecule has 1 aromatic carbocycles. The van der Waals surface area contributed by atoms with Gasteiger partial charge in [0.05, 0.1) is 0 Å². The molecule has 2 heteroatoms. The van der Waals surface area contributed by atoms with Gasteiger partial charge in [0.2, 0.25) is 0 Å². The van der Waals surface area contributed by atoms with Gasteiger partial charge < -0.3 is 5.32 Å². The van der Waals surface area contributed by atoms with Gasteiger partial charge in [-0.15, -0.1) is 11.8 Å². The molecule has 0 aromatic heterocycles. The zero-order chi connectivity index (χ0) is 10.4. The maximum absolute atomic E-state index is 3.33. The van der Waals surface area contributed by atoms with E-state index in [1.807, 2.05) is 11.8 Å². The summed E-state index contributed by atoms with van der Waals surface area (Å²) in [5.41, 5.74) is 2.73. The lowest BCUT2D eigenvalue weighted by Crippen LogP contribution is -2.15. The molecule has 0 amide bonds. The molecule has 1 nitrogen and oxygen atoms in total. The number of hydrogen-bond acceptors (Lipinski definition) is 2. The molecule has 0 saturated heterocycles. The Hall–Kier alpha value is -0.470. The van der Waals surface area contributed by atoms with Crippen molar-refractivity contribution in [1.29, 1.82) is 0 Å². The van der Waals surface area contributed by atoms with Gasteiger partial charge in [-0.3, -0.25) is 0 Å². The standard InChI is InChI=1S/C12H19NS/c1-4-13-7-8-14-12-9-10(2)5-6-11(12)3/h5-6,9,13H,4,7-8H2,1-3H3. The molecule has 78 valence electrons. The Morgan fingerprint density at radius 1 is 1.29 bits per heavy atom. The van der Waals surface area contributed by atoms with E-state index in [1.165, 1.54) is 16.0 Å². The molecular formula is C12H19NS. The van der Waals surface area contributed by atoms with Crippen LogP contribution in [-0.2, 0) is 0 Å².